The topological polar surface area (TPSA) is 42.7 Å². The van der Waals surface area contributed by atoms with E-state index in [0.29, 0.717) is 0 Å². The van der Waals surface area contributed by atoms with Crippen molar-refractivity contribution in [3.8, 4) is 16.8 Å². The van der Waals surface area contributed by atoms with Gasteiger partial charge in [-0.1, -0.05) is 58.4 Å². The first-order valence-corrected chi connectivity index (χ1v) is 10.5. The number of nitrogens with one attached hydrogen (secondary N) is 1. The molecule has 0 amide bonds. The van der Waals surface area contributed by atoms with Crippen LogP contribution >= 0.6 is 15.9 Å². The summed E-state index contributed by atoms with van der Waals surface area (Å²) in [7, 11) is 0. The molecule has 0 unspecified atom stereocenters. The molecule has 1 N–H and O–H groups in total. The van der Waals surface area contributed by atoms with Crippen LogP contribution in [-0.2, 0) is 0 Å². The summed E-state index contributed by atoms with van der Waals surface area (Å²) >= 11 is 3.52. The maximum absolute atomic E-state index is 4.65. The molecule has 2 heterocycles. The lowest BCUT2D eigenvalue weighted by Crippen LogP contribution is -1.98. The summed E-state index contributed by atoms with van der Waals surface area (Å²) in [5, 5.41) is 4.49. The van der Waals surface area contributed by atoms with Gasteiger partial charge in [-0.2, -0.15) is 0 Å². The second-order valence-electron chi connectivity index (χ2n) is 7.17. The van der Waals surface area contributed by atoms with Crippen LogP contribution in [0.4, 0.5) is 11.5 Å². The number of hydrogen-bond donors (Lipinski definition) is 1. The van der Waals surface area contributed by atoms with Gasteiger partial charge in [-0.25, -0.2) is 9.97 Å². The normalized spacial score (nSPS) is 11.0. The standard InChI is InChI=1S/C25H19BrN4/c1-17-6-5-9-20(14-17)29-24-23-22(18-7-3-2-4-8-18)15-30(25(23)28-16-27-24)21-12-10-19(26)11-13-21/h2-16H,1H3,(H,27,28,29). The molecule has 5 aromatic rings. The third kappa shape index (κ3) is 3.48. The van der Waals surface area contributed by atoms with E-state index in [9.17, 15) is 0 Å². The van der Waals surface area contributed by atoms with E-state index in [-0.39, 0.29) is 0 Å². The molecule has 0 bridgehead atoms. The molecule has 0 radical (unpaired) electrons. The molecule has 0 aliphatic heterocycles. The number of nitrogens with zero attached hydrogens (tertiary/aromatic N) is 3. The zero-order valence-electron chi connectivity index (χ0n) is 16.4. The Bertz CT molecular complexity index is 1320. The number of fused-ring (bicyclic) bond motifs is 1. The Labute approximate surface area is 183 Å². The Morgan fingerprint density at radius 3 is 2.43 bits per heavy atom. The summed E-state index contributed by atoms with van der Waals surface area (Å²) in [6.07, 6.45) is 3.75. The second kappa shape index (κ2) is 7.76. The van der Waals surface area contributed by atoms with Gasteiger partial charge in [0.2, 0.25) is 0 Å². The molecule has 0 saturated heterocycles. The Hall–Kier alpha value is -3.44. The molecule has 0 aliphatic carbocycles. The molecule has 2 aromatic heterocycles. The monoisotopic (exact) mass is 454 g/mol. The van der Waals surface area contributed by atoms with E-state index in [1.807, 2.05) is 24.3 Å². The smallest absolute Gasteiger partial charge is 0.150 e. The van der Waals surface area contributed by atoms with Gasteiger partial charge in [-0.15, -0.1) is 0 Å². The summed E-state index contributed by atoms with van der Waals surface area (Å²) < 4.78 is 3.16. The lowest BCUT2D eigenvalue weighted by Gasteiger charge is -2.09. The van der Waals surface area contributed by atoms with E-state index in [2.05, 4.69) is 103 Å². The van der Waals surface area contributed by atoms with Crippen LogP contribution in [0.5, 0.6) is 0 Å². The summed E-state index contributed by atoms with van der Waals surface area (Å²) in [5.41, 5.74) is 6.32. The quantitative estimate of drug-likeness (QED) is 0.321. The van der Waals surface area contributed by atoms with Gasteiger partial charge in [0.15, 0.2) is 5.65 Å². The van der Waals surface area contributed by atoms with E-state index in [1.165, 1.54) is 5.56 Å². The van der Waals surface area contributed by atoms with Crippen LogP contribution in [0.15, 0.2) is 95.9 Å². The molecule has 30 heavy (non-hydrogen) atoms. The van der Waals surface area contributed by atoms with Crippen LogP contribution in [0.25, 0.3) is 27.8 Å². The van der Waals surface area contributed by atoms with E-state index >= 15 is 0 Å². The van der Waals surface area contributed by atoms with Gasteiger partial charge in [0.1, 0.15) is 12.1 Å². The van der Waals surface area contributed by atoms with Gasteiger partial charge >= 0.3 is 0 Å². The minimum Gasteiger partial charge on any atom is -0.340 e. The van der Waals surface area contributed by atoms with Gasteiger partial charge in [0, 0.05) is 27.6 Å². The summed E-state index contributed by atoms with van der Waals surface area (Å²) in [4.78, 5) is 9.24. The largest absolute Gasteiger partial charge is 0.340 e. The highest BCUT2D eigenvalue weighted by Crippen LogP contribution is 2.36. The zero-order valence-corrected chi connectivity index (χ0v) is 18.0. The van der Waals surface area contributed by atoms with Crippen LogP contribution in [0.1, 0.15) is 5.56 Å². The molecule has 0 spiro atoms. The predicted molar refractivity (Wildman–Crippen MR) is 126 cm³/mol. The lowest BCUT2D eigenvalue weighted by atomic mass is 10.1. The molecule has 0 atom stereocenters. The first-order valence-electron chi connectivity index (χ1n) is 9.70. The van der Waals surface area contributed by atoms with E-state index < -0.39 is 0 Å². The number of aromatic nitrogens is 3. The summed E-state index contributed by atoms with van der Waals surface area (Å²) in [6.45, 7) is 2.08. The van der Waals surface area contributed by atoms with Crippen molar-refractivity contribution in [1.29, 1.82) is 0 Å². The number of benzene rings is 3. The van der Waals surface area contributed by atoms with Crippen molar-refractivity contribution in [3.63, 3.8) is 0 Å². The zero-order chi connectivity index (χ0) is 20.5. The third-order valence-electron chi connectivity index (χ3n) is 5.05. The Morgan fingerprint density at radius 1 is 0.867 bits per heavy atom. The average Bonchev–Trinajstić information content (AvgIpc) is 3.16. The fourth-order valence-electron chi connectivity index (χ4n) is 3.65. The molecule has 0 fully saturated rings. The number of halogens is 1. The van der Waals surface area contributed by atoms with Crippen LogP contribution < -0.4 is 5.32 Å². The molecular formula is C25H19BrN4. The highest BCUT2D eigenvalue weighted by molar-refractivity contribution is 9.10. The van der Waals surface area contributed by atoms with Gasteiger partial charge in [0.05, 0.1) is 5.39 Å². The maximum atomic E-state index is 4.65. The van der Waals surface area contributed by atoms with E-state index in [4.69, 9.17) is 0 Å². The molecule has 0 saturated carbocycles. The first-order chi connectivity index (χ1) is 14.7. The Morgan fingerprint density at radius 2 is 1.67 bits per heavy atom. The van der Waals surface area contributed by atoms with E-state index in [0.717, 1.165) is 43.8 Å². The SMILES string of the molecule is Cc1cccc(Nc2ncnc3c2c(-c2ccccc2)cn3-c2ccc(Br)cc2)c1. The van der Waals surface area contributed by atoms with Crippen molar-refractivity contribution < 1.29 is 0 Å². The van der Waals surface area contributed by atoms with Crippen molar-refractivity contribution in [1.82, 2.24) is 14.5 Å². The summed E-state index contributed by atoms with van der Waals surface area (Å²) in [6, 6.07) is 26.9. The third-order valence-corrected chi connectivity index (χ3v) is 5.58. The molecule has 0 aliphatic rings. The molecule has 5 rings (SSSR count). The summed E-state index contributed by atoms with van der Waals surface area (Å²) in [5.74, 6) is 0.792. The number of aryl methyl sites for hydroxylation is 1. The Kier molecular flexibility index (Phi) is 4.81. The van der Waals surface area contributed by atoms with Crippen molar-refractivity contribution in [2.45, 2.75) is 6.92 Å². The van der Waals surface area contributed by atoms with Crippen molar-refractivity contribution >= 4 is 38.5 Å². The van der Waals surface area contributed by atoms with Gasteiger partial charge in [0.25, 0.3) is 0 Å². The molecule has 146 valence electrons. The molecular weight excluding hydrogens is 436 g/mol. The minimum absolute atomic E-state index is 0.792. The number of anilines is 2. The Balaban J connectivity index is 1.74. The van der Waals surface area contributed by atoms with Crippen LogP contribution in [0, 0.1) is 6.92 Å². The van der Waals surface area contributed by atoms with Gasteiger partial charge in [-0.05, 0) is 54.4 Å². The molecule has 4 nitrogen and oxygen atoms in total. The van der Waals surface area contributed by atoms with Crippen LogP contribution in [-0.4, -0.2) is 14.5 Å². The van der Waals surface area contributed by atoms with Crippen molar-refractivity contribution in [3.05, 3.63) is 101 Å². The first kappa shape index (κ1) is 18.6. The second-order valence-corrected chi connectivity index (χ2v) is 8.09. The fraction of sp³-hybridized carbons (Fsp3) is 0.0400. The number of rotatable bonds is 4. The van der Waals surface area contributed by atoms with E-state index in [1.54, 1.807) is 6.33 Å². The van der Waals surface area contributed by atoms with Crippen molar-refractivity contribution in [2.75, 3.05) is 5.32 Å². The predicted octanol–water partition coefficient (Wildman–Crippen LogP) is 6.90. The highest BCUT2D eigenvalue weighted by Gasteiger charge is 2.17. The van der Waals surface area contributed by atoms with Crippen molar-refractivity contribution in [2.24, 2.45) is 0 Å². The average molecular weight is 455 g/mol. The maximum Gasteiger partial charge on any atom is 0.150 e. The minimum atomic E-state index is 0.792. The lowest BCUT2D eigenvalue weighted by molar-refractivity contribution is 1.08. The number of hydrogen-bond acceptors (Lipinski definition) is 3. The fourth-order valence-corrected chi connectivity index (χ4v) is 3.92. The highest BCUT2D eigenvalue weighted by atomic mass is 79.9. The molecule has 3 aromatic carbocycles. The van der Waals surface area contributed by atoms with Gasteiger partial charge in [-0.3, -0.25) is 0 Å². The molecule has 5 heteroatoms. The van der Waals surface area contributed by atoms with Gasteiger partial charge < -0.3 is 9.88 Å². The van der Waals surface area contributed by atoms with Crippen LogP contribution in [0.3, 0.4) is 0 Å². The van der Waals surface area contributed by atoms with Crippen LogP contribution in [0.2, 0.25) is 0 Å².